The molecule has 0 saturated carbocycles. The zero-order chi connectivity index (χ0) is 4.99. The average molecular weight is 185 g/mol. The van der Waals surface area contributed by atoms with Crippen LogP contribution in [0.3, 0.4) is 0 Å². The van der Waals surface area contributed by atoms with E-state index in [0.717, 1.165) is 0 Å². The predicted molar refractivity (Wildman–Crippen MR) is 34.6 cm³/mol. The molecule has 0 heterocycles. The molecule has 0 aliphatic carbocycles. The number of thiocarbonyl (C=S) groups is 1. The van der Waals surface area contributed by atoms with E-state index in [1.54, 1.807) is 5.41 Å². The molecule has 0 unspecified atom stereocenters. The van der Waals surface area contributed by atoms with Crippen LogP contribution in [0.4, 0.5) is 0 Å². The van der Waals surface area contributed by atoms with E-state index in [0.29, 0.717) is 4.32 Å². The zero-order valence-corrected chi connectivity index (χ0v) is 8.49. The Morgan fingerprint density at radius 3 is 2.29 bits per heavy atom. The fourth-order valence-corrected chi connectivity index (χ4v) is 0.451. The minimum atomic E-state index is 0. The molecule has 1 nitrogen and oxygen atoms in total. The predicted octanol–water partition coefficient (Wildman–Crippen LogP) is 1.10. The van der Waals surface area contributed by atoms with Gasteiger partial charge in [0.1, 0.15) is 4.32 Å². The van der Waals surface area contributed by atoms with Gasteiger partial charge in [-0.05, 0) is 5.41 Å². The van der Waals surface area contributed by atoms with Crippen LogP contribution in [0.25, 0.3) is 0 Å². The number of rotatable bonds is 1. The van der Waals surface area contributed by atoms with E-state index in [-0.39, 0.29) is 19.5 Å². The standard InChI is InChI=1S/C3H5NS2.Zn/c1-2-6-3(4)5;/h2H,1H2,(H2,4,5);. The first kappa shape index (κ1) is 10.6. The number of nitrogens with two attached hydrogens (primary N) is 1. The van der Waals surface area contributed by atoms with Gasteiger partial charge < -0.3 is 5.73 Å². The van der Waals surface area contributed by atoms with E-state index in [1.807, 2.05) is 0 Å². The van der Waals surface area contributed by atoms with Gasteiger partial charge in [0.2, 0.25) is 0 Å². The fraction of sp³-hybridized carbons (Fsp3) is 0. The molecule has 7 heavy (non-hydrogen) atoms. The van der Waals surface area contributed by atoms with Crippen LogP contribution in [0.1, 0.15) is 0 Å². The number of thioether (sulfide) groups is 1. The molecule has 0 aromatic rings. The van der Waals surface area contributed by atoms with Gasteiger partial charge in [-0.25, -0.2) is 0 Å². The van der Waals surface area contributed by atoms with E-state index in [4.69, 9.17) is 5.73 Å². The summed E-state index contributed by atoms with van der Waals surface area (Å²) < 4.78 is 0.421. The maximum absolute atomic E-state index is 5.03. The largest absolute Gasteiger partial charge is 0.384 e. The van der Waals surface area contributed by atoms with E-state index in [2.05, 4.69) is 18.8 Å². The first-order valence-electron chi connectivity index (χ1n) is 1.34. The summed E-state index contributed by atoms with van der Waals surface area (Å²) >= 11 is 5.72. The van der Waals surface area contributed by atoms with Gasteiger partial charge >= 0.3 is 0 Å². The Hall–Kier alpha value is 0.603. The Kier molecular flexibility index (Phi) is 9.96. The van der Waals surface area contributed by atoms with Gasteiger partial charge in [0, 0.05) is 19.5 Å². The van der Waals surface area contributed by atoms with E-state index in [9.17, 15) is 0 Å². The summed E-state index contributed by atoms with van der Waals surface area (Å²) in [5, 5.41) is 1.60. The van der Waals surface area contributed by atoms with Gasteiger partial charge in [-0.3, -0.25) is 0 Å². The Bertz CT molecular complexity index is 73.3. The summed E-state index contributed by atoms with van der Waals surface area (Å²) in [6, 6.07) is 0. The van der Waals surface area contributed by atoms with Crippen molar-refractivity contribution in [2.24, 2.45) is 5.73 Å². The first-order valence-corrected chi connectivity index (χ1v) is 2.63. The van der Waals surface area contributed by atoms with Gasteiger partial charge in [-0.2, -0.15) is 0 Å². The maximum atomic E-state index is 5.03. The fourth-order valence-electron chi connectivity index (χ4n) is 0.0821. The van der Waals surface area contributed by atoms with Crippen molar-refractivity contribution >= 4 is 28.3 Å². The molecular weight excluding hydrogens is 180 g/mol. The molecule has 0 saturated heterocycles. The second-order valence-corrected chi connectivity index (χ2v) is 2.31. The SMILES string of the molecule is C=CSC(N)=S.[Zn]. The van der Waals surface area contributed by atoms with E-state index < -0.39 is 0 Å². The average Bonchev–Trinajstić information content (AvgIpc) is 1.35. The number of hydrogen-bond donors (Lipinski definition) is 1. The van der Waals surface area contributed by atoms with Crippen LogP contribution in [-0.2, 0) is 19.5 Å². The second kappa shape index (κ2) is 6.60. The quantitative estimate of drug-likeness (QED) is 0.488. The van der Waals surface area contributed by atoms with Crippen LogP contribution in [0, 0.1) is 0 Å². The van der Waals surface area contributed by atoms with E-state index in [1.165, 1.54) is 11.8 Å². The van der Waals surface area contributed by atoms with Gasteiger partial charge in [0.05, 0.1) is 0 Å². The van der Waals surface area contributed by atoms with Crippen molar-refractivity contribution in [3.63, 3.8) is 0 Å². The summed E-state index contributed by atoms with van der Waals surface area (Å²) in [6.45, 7) is 3.40. The molecule has 0 amide bonds. The van der Waals surface area contributed by atoms with Crippen molar-refractivity contribution in [3.05, 3.63) is 12.0 Å². The Morgan fingerprint density at radius 1 is 1.86 bits per heavy atom. The Balaban J connectivity index is 0. The first-order chi connectivity index (χ1) is 2.77. The van der Waals surface area contributed by atoms with Crippen molar-refractivity contribution in [2.75, 3.05) is 0 Å². The van der Waals surface area contributed by atoms with Gasteiger partial charge in [-0.1, -0.05) is 30.6 Å². The molecule has 0 fully saturated rings. The minimum absolute atomic E-state index is 0. The van der Waals surface area contributed by atoms with Gasteiger partial charge in [0.25, 0.3) is 0 Å². The minimum Gasteiger partial charge on any atom is -0.384 e. The van der Waals surface area contributed by atoms with Crippen LogP contribution >= 0.6 is 24.0 Å². The van der Waals surface area contributed by atoms with Crippen molar-refractivity contribution in [3.8, 4) is 0 Å². The van der Waals surface area contributed by atoms with Crippen molar-refractivity contribution in [1.29, 1.82) is 0 Å². The molecule has 0 spiro atoms. The third kappa shape index (κ3) is 10.8. The second-order valence-electron chi connectivity index (χ2n) is 0.604. The van der Waals surface area contributed by atoms with Crippen molar-refractivity contribution in [1.82, 2.24) is 0 Å². The Morgan fingerprint density at radius 2 is 2.29 bits per heavy atom. The molecule has 0 bridgehead atoms. The van der Waals surface area contributed by atoms with Crippen LogP contribution in [0.15, 0.2) is 12.0 Å². The molecule has 0 atom stereocenters. The van der Waals surface area contributed by atoms with Crippen LogP contribution < -0.4 is 5.73 Å². The summed E-state index contributed by atoms with van der Waals surface area (Å²) in [7, 11) is 0. The van der Waals surface area contributed by atoms with Gasteiger partial charge in [-0.15, -0.1) is 0 Å². The van der Waals surface area contributed by atoms with Crippen molar-refractivity contribution < 1.29 is 19.5 Å². The van der Waals surface area contributed by atoms with E-state index >= 15 is 0 Å². The third-order valence-electron chi connectivity index (χ3n) is 0.199. The third-order valence-corrected chi connectivity index (χ3v) is 0.887. The topological polar surface area (TPSA) is 26.0 Å². The molecule has 0 aliphatic rings. The van der Waals surface area contributed by atoms with Crippen LogP contribution in [0.5, 0.6) is 0 Å². The molecule has 4 heteroatoms. The molecule has 0 aliphatic heterocycles. The zero-order valence-electron chi connectivity index (χ0n) is 3.89. The summed E-state index contributed by atoms with van der Waals surface area (Å²) in [5.74, 6) is 0. The molecular formula is C3H5NS2Zn. The summed E-state index contributed by atoms with van der Waals surface area (Å²) in [4.78, 5) is 0. The molecule has 2 N–H and O–H groups in total. The summed E-state index contributed by atoms with van der Waals surface area (Å²) in [6.07, 6.45) is 0. The van der Waals surface area contributed by atoms with Gasteiger partial charge in [0.15, 0.2) is 0 Å². The Labute approximate surface area is 65.5 Å². The number of hydrogen-bond acceptors (Lipinski definition) is 2. The molecule has 36 valence electrons. The summed E-state index contributed by atoms with van der Waals surface area (Å²) in [5.41, 5.74) is 5.03. The smallest absolute Gasteiger partial charge is 0.135 e. The molecule has 0 radical (unpaired) electrons. The van der Waals surface area contributed by atoms with Crippen LogP contribution in [0.2, 0.25) is 0 Å². The normalized spacial score (nSPS) is 6.29. The molecule has 0 rings (SSSR count). The van der Waals surface area contributed by atoms with Crippen molar-refractivity contribution in [2.45, 2.75) is 0 Å². The monoisotopic (exact) mass is 183 g/mol. The maximum Gasteiger partial charge on any atom is 0.135 e. The molecule has 0 aromatic heterocycles. The molecule has 0 aromatic carbocycles. The van der Waals surface area contributed by atoms with Crippen LogP contribution in [-0.4, -0.2) is 4.32 Å².